The number of hydrazine groups is 1. The Balaban J connectivity index is 2.34. The van der Waals surface area contributed by atoms with Crippen LogP contribution < -0.4 is 16.0 Å². The number of hydrogen-bond acceptors (Lipinski definition) is 5. The molecule has 0 saturated heterocycles. The van der Waals surface area contributed by atoms with Gasteiger partial charge in [0.2, 0.25) is 5.88 Å². The summed E-state index contributed by atoms with van der Waals surface area (Å²) in [6.45, 7) is 0. The van der Waals surface area contributed by atoms with E-state index in [2.05, 4.69) is 15.4 Å². The van der Waals surface area contributed by atoms with Crippen LogP contribution in [0.5, 0.6) is 5.88 Å². The molecule has 0 fully saturated rings. The van der Waals surface area contributed by atoms with Gasteiger partial charge >= 0.3 is 0 Å². The highest BCUT2D eigenvalue weighted by molar-refractivity contribution is 5.63. The first-order valence-electron chi connectivity index (χ1n) is 4.76. The maximum absolute atomic E-state index is 5.33. The zero-order valence-corrected chi connectivity index (χ0v) is 8.84. The summed E-state index contributed by atoms with van der Waals surface area (Å²) in [5, 5.41) is 0. The van der Waals surface area contributed by atoms with Gasteiger partial charge in [-0.1, -0.05) is 0 Å². The van der Waals surface area contributed by atoms with Crippen LogP contribution in [0.25, 0.3) is 11.3 Å². The molecule has 0 atom stereocenters. The fraction of sp³-hybridized carbons (Fsp3) is 0.0909. The number of ether oxygens (including phenoxy) is 1. The van der Waals surface area contributed by atoms with Crippen molar-refractivity contribution in [2.45, 2.75) is 0 Å². The molecule has 2 aromatic rings. The van der Waals surface area contributed by atoms with Gasteiger partial charge in [0.05, 0.1) is 18.5 Å². The lowest BCUT2D eigenvalue weighted by Gasteiger charge is -2.04. The predicted octanol–water partition coefficient (Wildman–Crippen LogP) is 1.44. The molecule has 0 aliphatic rings. The highest BCUT2D eigenvalue weighted by atomic mass is 16.5. The van der Waals surface area contributed by atoms with Crippen molar-refractivity contribution in [1.29, 1.82) is 0 Å². The minimum absolute atomic E-state index is 0.580. The lowest BCUT2D eigenvalue weighted by atomic mass is 10.2. The number of pyridine rings is 2. The Morgan fingerprint density at radius 3 is 2.75 bits per heavy atom. The van der Waals surface area contributed by atoms with Crippen molar-refractivity contribution in [2.24, 2.45) is 5.84 Å². The molecule has 3 N–H and O–H groups in total. The molecule has 2 aromatic heterocycles. The molecular weight excluding hydrogens is 204 g/mol. The van der Waals surface area contributed by atoms with E-state index in [1.807, 2.05) is 12.1 Å². The Hall–Kier alpha value is -2.14. The van der Waals surface area contributed by atoms with Gasteiger partial charge < -0.3 is 10.2 Å². The van der Waals surface area contributed by atoms with Crippen molar-refractivity contribution in [3.8, 4) is 17.1 Å². The van der Waals surface area contributed by atoms with E-state index >= 15 is 0 Å². The Morgan fingerprint density at radius 2 is 2.12 bits per heavy atom. The molecular formula is C11H12N4O. The van der Waals surface area contributed by atoms with Crippen LogP contribution in [0.3, 0.4) is 0 Å². The number of nitrogens with two attached hydrogens (primary N) is 1. The lowest BCUT2D eigenvalue weighted by Crippen LogP contribution is -2.06. The molecule has 0 aromatic carbocycles. The third-order valence-electron chi connectivity index (χ3n) is 2.17. The van der Waals surface area contributed by atoms with E-state index in [4.69, 9.17) is 10.6 Å². The molecule has 0 saturated carbocycles. The topological polar surface area (TPSA) is 73.1 Å². The first kappa shape index (κ1) is 10.4. The van der Waals surface area contributed by atoms with E-state index in [9.17, 15) is 0 Å². The zero-order chi connectivity index (χ0) is 11.4. The molecule has 16 heavy (non-hydrogen) atoms. The van der Waals surface area contributed by atoms with Crippen LogP contribution in [0.2, 0.25) is 0 Å². The molecule has 0 spiro atoms. The van der Waals surface area contributed by atoms with Crippen LogP contribution in [-0.2, 0) is 0 Å². The maximum atomic E-state index is 5.33. The molecule has 2 rings (SSSR count). The van der Waals surface area contributed by atoms with Crippen molar-refractivity contribution < 1.29 is 4.74 Å². The second kappa shape index (κ2) is 4.59. The molecule has 0 radical (unpaired) electrons. The zero-order valence-electron chi connectivity index (χ0n) is 8.84. The van der Waals surface area contributed by atoms with Crippen LogP contribution in [-0.4, -0.2) is 17.1 Å². The number of nitrogens with one attached hydrogen (secondary N) is 1. The van der Waals surface area contributed by atoms with Crippen LogP contribution in [0, 0.1) is 0 Å². The van der Waals surface area contributed by atoms with Crippen molar-refractivity contribution in [3.05, 3.63) is 36.7 Å². The third-order valence-corrected chi connectivity index (χ3v) is 2.17. The van der Waals surface area contributed by atoms with Crippen molar-refractivity contribution in [2.75, 3.05) is 12.5 Å². The minimum atomic E-state index is 0.580. The summed E-state index contributed by atoms with van der Waals surface area (Å²) in [6, 6.07) is 7.33. The highest BCUT2D eigenvalue weighted by Crippen LogP contribution is 2.20. The van der Waals surface area contributed by atoms with Gasteiger partial charge in [0.25, 0.3) is 0 Å². The summed E-state index contributed by atoms with van der Waals surface area (Å²) < 4.78 is 4.99. The Bertz CT molecular complexity index is 470. The van der Waals surface area contributed by atoms with Gasteiger partial charge in [-0.15, -0.1) is 0 Å². The summed E-state index contributed by atoms with van der Waals surface area (Å²) in [6.07, 6.45) is 3.40. The Kier molecular flexibility index (Phi) is 2.98. The number of nitrogen functional groups attached to an aromatic ring is 1. The monoisotopic (exact) mass is 216 g/mol. The molecule has 0 aliphatic heterocycles. The molecule has 0 amide bonds. The van der Waals surface area contributed by atoms with E-state index in [-0.39, 0.29) is 0 Å². The summed E-state index contributed by atoms with van der Waals surface area (Å²) >= 11 is 0. The number of methoxy groups -OCH3 is 1. The van der Waals surface area contributed by atoms with Gasteiger partial charge in [-0.3, -0.25) is 10.8 Å². The van der Waals surface area contributed by atoms with Crippen molar-refractivity contribution >= 4 is 5.69 Å². The standard InChI is InChI=1S/C11H12N4O/c1-16-11-3-2-8(7-14-11)10-6-9(15-12)4-5-13-10/h2-7H,12H2,1H3,(H,13,15). The molecule has 5 nitrogen and oxygen atoms in total. The SMILES string of the molecule is COc1ccc(-c2cc(NN)ccn2)cn1. The van der Waals surface area contributed by atoms with E-state index in [0.717, 1.165) is 16.9 Å². The number of aromatic nitrogens is 2. The molecule has 0 bridgehead atoms. The molecule has 0 unspecified atom stereocenters. The minimum Gasteiger partial charge on any atom is -0.481 e. The van der Waals surface area contributed by atoms with Crippen molar-refractivity contribution in [1.82, 2.24) is 9.97 Å². The van der Waals surface area contributed by atoms with Crippen LogP contribution in [0.1, 0.15) is 0 Å². The third kappa shape index (κ3) is 2.09. The van der Waals surface area contributed by atoms with Gasteiger partial charge in [0, 0.05) is 24.0 Å². The fourth-order valence-corrected chi connectivity index (χ4v) is 1.33. The van der Waals surface area contributed by atoms with Gasteiger partial charge in [0.1, 0.15) is 0 Å². The molecule has 5 heteroatoms. The molecule has 82 valence electrons. The second-order valence-corrected chi connectivity index (χ2v) is 3.16. The van der Waals surface area contributed by atoms with E-state index < -0.39 is 0 Å². The van der Waals surface area contributed by atoms with Crippen LogP contribution in [0.4, 0.5) is 5.69 Å². The highest BCUT2D eigenvalue weighted by Gasteiger charge is 2.01. The number of anilines is 1. The molecule has 2 heterocycles. The summed E-state index contributed by atoms with van der Waals surface area (Å²) in [5.41, 5.74) is 5.11. The Morgan fingerprint density at radius 1 is 1.25 bits per heavy atom. The molecule has 0 aliphatic carbocycles. The number of nitrogens with zero attached hydrogens (tertiary/aromatic N) is 2. The normalized spacial score (nSPS) is 9.88. The van der Waals surface area contributed by atoms with Crippen LogP contribution in [0.15, 0.2) is 36.7 Å². The van der Waals surface area contributed by atoms with Gasteiger partial charge in [-0.2, -0.15) is 0 Å². The lowest BCUT2D eigenvalue weighted by molar-refractivity contribution is 0.398. The van der Waals surface area contributed by atoms with E-state index in [1.165, 1.54) is 0 Å². The smallest absolute Gasteiger partial charge is 0.212 e. The van der Waals surface area contributed by atoms with Gasteiger partial charge in [0.15, 0.2) is 0 Å². The summed E-state index contributed by atoms with van der Waals surface area (Å²) in [4.78, 5) is 8.35. The summed E-state index contributed by atoms with van der Waals surface area (Å²) in [5.74, 6) is 5.91. The summed E-state index contributed by atoms with van der Waals surface area (Å²) in [7, 11) is 1.58. The van der Waals surface area contributed by atoms with E-state index in [0.29, 0.717) is 5.88 Å². The first-order chi connectivity index (χ1) is 7.83. The first-order valence-corrected chi connectivity index (χ1v) is 4.76. The largest absolute Gasteiger partial charge is 0.481 e. The predicted molar refractivity (Wildman–Crippen MR) is 61.8 cm³/mol. The average molecular weight is 216 g/mol. The number of rotatable bonds is 3. The van der Waals surface area contributed by atoms with Crippen molar-refractivity contribution in [3.63, 3.8) is 0 Å². The van der Waals surface area contributed by atoms with Gasteiger partial charge in [-0.05, 0) is 18.2 Å². The van der Waals surface area contributed by atoms with Crippen LogP contribution >= 0.6 is 0 Å². The Labute approximate surface area is 93.3 Å². The second-order valence-electron chi connectivity index (χ2n) is 3.16. The van der Waals surface area contributed by atoms with Gasteiger partial charge in [-0.25, -0.2) is 4.98 Å². The number of hydrogen-bond donors (Lipinski definition) is 2. The maximum Gasteiger partial charge on any atom is 0.212 e. The fourth-order valence-electron chi connectivity index (χ4n) is 1.33. The quantitative estimate of drug-likeness (QED) is 0.600. The van der Waals surface area contributed by atoms with E-state index in [1.54, 1.807) is 31.6 Å². The average Bonchev–Trinajstić information content (AvgIpc) is 2.39.